The highest BCUT2D eigenvalue weighted by Gasteiger charge is 2.30. The number of anilines is 1. The van der Waals surface area contributed by atoms with Crippen LogP contribution < -0.4 is 4.90 Å². The van der Waals surface area contributed by atoms with Crippen LogP contribution in [0.2, 0.25) is 0 Å². The van der Waals surface area contributed by atoms with Crippen LogP contribution in [0.3, 0.4) is 0 Å². The predicted molar refractivity (Wildman–Crippen MR) is 121 cm³/mol. The van der Waals surface area contributed by atoms with Crippen LogP contribution in [0.4, 0.5) is 11.4 Å². The molecule has 1 aromatic heterocycles. The summed E-state index contributed by atoms with van der Waals surface area (Å²) >= 11 is 0. The van der Waals surface area contributed by atoms with E-state index in [2.05, 4.69) is 10.1 Å². The van der Waals surface area contributed by atoms with Gasteiger partial charge in [0.05, 0.1) is 35.5 Å². The average Bonchev–Trinajstić information content (AvgIpc) is 2.84. The lowest BCUT2D eigenvalue weighted by Gasteiger charge is -2.36. The number of benzene rings is 1. The van der Waals surface area contributed by atoms with Gasteiger partial charge in [0, 0.05) is 44.6 Å². The Labute approximate surface area is 187 Å². The van der Waals surface area contributed by atoms with Gasteiger partial charge in [0.25, 0.3) is 5.69 Å². The number of piperazine rings is 1. The van der Waals surface area contributed by atoms with Crippen molar-refractivity contribution >= 4 is 27.6 Å². The third-order valence-electron chi connectivity index (χ3n) is 5.79. The molecule has 0 saturated carbocycles. The number of aromatic nitrogens is 1. The smallest absolute Gasteiger partial charge is 0.278 e. The number of piperidine rings is 1. The van der Waals surface area contributed by atoms with Crippen LogP contribution in [0.15, 0.2) is 52.7 Å². The number of hydrogen-bond acceptors (Lipinski definition) is 8. The second kappa shape index (κ2) is 9.61. The molecule has 0 N–H and O–H groups in total. The van der Waals surface area contributed by atoms with E-state index in [0.29, 0.717) is 50.5 Å². The van der Waals surface area contributed by atoms with Crippen molar-refractivity contribution in [3.63, 3.8) is 0 Å². The number of rotatable bonds is 6. The van der Waals surface area contributed by atoms with Gasteiger partial charge in [0.15, 0.2) is 0 Å². The molecule has 4 rings (SSSR count). The maximum Gasteiger partial charge on any atom is 0.278 e. The number of nitro benzene ring substituents is 1. The molecular weight excluding hydrogens is 432 g/mol. The number of sulfonamides is 1. The molecule has 0 unspecified atom stereocenters. The topological polar surface area (TPSA) is 112 Å². The molecule has 0 amide bonds. The monoisotopic (exact) mass is 458 g/mol. The molecule has 0 bridgehead atoms. The fourth-order valence-corrected chi connectivity index (χ4v) is 5.71. The van der Waals surface area contributed by atoms with Gasteiger partial charge < -0.3 is 4.90 Å². The van der Waals surface area contributed by atoms with Gasteiger partial charge in [-0.2, -0.15) is 9.41 Å². The molecule has 0 aliphatic carbocycles. The van der Waals surface area contributed by atoms with Gasteiger partial charge >= 0.3 is 0 Å². The van der Waals surface area contributed by atoms with Crippen LogP contribution in [0.5, 0.6) is 0 Å². The standard InChI is InChI=1S/C21H26N6O4S/c28-27(29)19-7-3-2-6-18(19)16-23-25-14-12-24(13-15-25)20-8-9-22-17-21(20)32(30,31)26-10-4-1-5-11-26/h2-3,6-9,16-17H,1,4-5,10-15H2/b23-16-. The maximum absolute atomic E-state index is 13.2. The van der Waals surface area contributed by atoms with E-state index in [-0.39, 0.29) is 10.6 Å². The first-order valence-electron chi connectivity index (χ1n) is 10.7. The average molecular weight is 459 g/mol. The number of hydrogen-bond donors (Lipinski definition) is 0. The molecule has 2 saturated heterocycles. The Kier molecular flexibility index (Phi) is 6.66. The van der Waals surface area contributed by atoms with E-state index in [1.54, 1.807) is 34.8 Å². The Hall–Kier alpha value is -3.05. The number of pyridine rings is 1. The molecule has 170 valence electrons. The molecule has 2 aliphatic heterocycles. The van der Waals surface area contributed by atoms with Crippen LogP contribution in [0.1, 0.15) is 24.8 Å². The van der Waals surface area contributed by atoms with E-state index < -0.39 is 14.9 Å². The molecule has 2 fully saturated rings. The molecule has 32 heavy (non-hydrogen) atoms. The molecule has 11 heteroatoms. The second-order valence-corrected chi connectivity index (χ2v) is 9.72. The van der Waals surface area contributed by atoms with Gasteiger partial charge in [-0.05, 0) is 25.0 Å². The summed E-state index contributed by atoms with van der Waals surface area (Å²) in [6.07, 6.45) is 7.38. The Morgan fingerprint density at radius 1 is 1.00 bits per heavy atom. The minimum Gasteiger partial charge on any atom is -0.367 e. The van der Waals surface area contributed by atoms with Crippen LogP contribution in [0, 0.1) is 10.1 Å². The molecule has 10 nitrogen and oxygen atoms in total. The van der Waals surface area contributed by atoms with Crippen molar-refractivity contribution in [1.82, 2.24) is 14.3 Å². The maximum atomic E-state index is 13.2. The van der Waals surface area contributed by atoms with Crippen LogP contribution in [-0.4, -0.2) is 73.1 Å². The summed E-state index contributed by atoms with van der Waals surface area (Å²) in [5, 5.41) is 17.4. The summed E-state index contributed by atoms with van der Waals surface area (Å²) in [4.78, 5) is 17.1. The Balaban J connectivity index is 1.46. The van der Waals surface area contributed by atoms with Gasteiger partial charge in [0.2, 0.25) is 10.0 Å². The first-order valence-corrected chi connectivity index (χ1v) is 12.1. The molecule has 2 aromatic rings. The van der Waals surface area contributed by atoms with Crippen LogP contribution in [0.25, 0.3) is 0 Å². The molecule has 3 heterocycles. The van der Waals surface area contributed by atoms with Crippen LogP contribution >= 0.6 is 0 Å². The normalized spacial score (nSPS) is 18.2. The Bertz CT molecular complexity index is 1090. The predicted octanol–water partition coefficient (Wildman–Crippen LogP) is 2.32. The lowest BCUT2D eigenvalue weighted by molar-refractivity contribution is -0.385. The van der Waals surface area contributed by atoms with Gasteiger partial charge in [-0.25, -0.2) is 8.42 Å². The summed E-state index contributed by atoms with van der Waals surface area (Å²) in [6.45, 7) is 3.41. The molecule has 0 spiro atoms. The number of nitro groups is 1. The minimum atomic E-state index is -3.59. The molecule has 0 atom stereocenters. The third-order valence-corrected chi connectivity index (χ3v) is 7.70. The SMILES string of the molecule is O=[N+]([O-])c1ccccc1/C=N\N1CCN(c2ccncc2S(=O)(=O)N2CCCCC2)CC1. The van der Waals surface area contributed by atoms with E-state index in [9.17, 15) is 18.5 Å². The van der Waals surface area contributed by atoms with E-state index >= 15 is 0 Å². The van der Waals surface area contributed by atoms with Crippen LogP contribution in [-0.2, 0) is 10.0 Å². The Morgan fingerprint density at radius 3 is 2.44 bits per heavy atom. The highest BCUT2D eigenvalue weighted by atomic mass is 32.2. The van der Waals surface area contributed by atoms with Gasteiger partial charge in [-0.1, -0.05) is 18.6 Å². The fourth-order valence-electron chi connectivity index (χ4n) is 4.04. The first-order chi connectivity index (χ1) is 15.5. The molecular formula is C21H26N6O4S. The van der Waals surface area contributed by atoms with Crippen molar-refractivity contribution in [2.45, 2.75) is 24.2 Å². The van der Waals surface area contributed by atoms with Gasteiger partial charge in [0.1, 0.15) is 4.90 Å². The molecule has 2 aliphatic rings. The zero-order valence-electron chi connectivity index (χ0n) is 17.7. The minimum absolute atomic E-state index is 0.0132. The third kappa shape index (κ3) is 4.73. The summed E-state index contributed by atoms with van der Waals surface area (Å²) < 4.78 is 28.0. The lowest BCUT2D eigenvalue weighted by atomic mass is 10.2. The lowest BCUT2D eigenvalue weighted by Crippen LogP contribution is -2.45. The van der Waals surface area contributed by atoms with E-state index in [1.165, 1.54) is 18.5 Å². The number of para-hydroxylation sites is 1. The zero-order chi connectivity index (χ0) is 22.6. The largest absolute Gasteiger partial charge is 0.367 e. The van der Waals surface area contributed by atoms with E-state index in [1.807, 2.05) is 9.91 Å². The molecule has 1 aromatic carbocycles. The fraction of sp³-hybridized carbons (Fsp3) is 0.429. The highest BCUT2D eigenvalue weighted by molar-refractivity contribution is 7.89. The summed E-state index contributed by atoms with van der Waals surface area (Å²) in [5.41, 5.74) is 1.12. The van der Waals surface area contributed by atoms with Gasteiger partial charge in [-0.3, -0.25) is 20.1 Å². The summed E-state index contributed by atoms with van der Waals surface area (Å²) in [7, 11) is -3.59. The number of nitrogens with zero attached hydrogens (tertiary/aromatic N) is 6. The summed E-state index contributed by atoms with van der Waals surface area (Å²) in [5.74, 6) is 0. The van der Waals surface area contributed by atoms with Gasteiger partial charge in [-0.15, -0.1) is 0 Å². The van der Waals surface area contributed by atoms with Crippen molar-refractivity contribution in [3.05, 3.63) is 58.4 Å². The van der Waals surface area contributed by atoms with Crippen molar-refractivity contribution in [1.29, 1.82) is 0 Å². The zero-order valence-corrected chi connectivity index (χ0v) is 18.5. The molecule has 0 radical (unpaired) electrons. The second-order valence-electron chi connectivity index (χ2n) is 7.81. The van der Waals surface area contributed by atoms with Crippen molar-refractivity contribution < 1.29 is 13.3 Å². The van der Waals surface area contributed by atoms with Crippen molar-refractivity contribution in [2.75, 3.05) is 44.2 Å². The van der Waals surface area contributed by atoms with Crippen molar-refractivity contribution in [3.8, 4) is 0 Å². The van der Waals surface area contributed by atoms with Crippen molar-refractivity contribution in [2.24, 2.45) is 5.10 Å². The highest BCUT2D eigenvalue weighted by Crippen LogP contribution is 2.29. The quantitative estimate of drug-likeness (QED) is 0.371. The van der Waals surface area contributed by atoms with E-state index in [4.69, 9.17) is 0 Å². The van der Waals surface area contributed by atoms with E-state index in [0.717, 1.165) is 19.3 Å². The first kappa shape index (κ1) is 22.2. The Morgan fingerprint density at radius 2 is 1.72 bits per heavy atom. The number of hydrazone groups is 1. The summed E-state index contributed by atoms with van der Waals surface area (Å²) in [6, 6.07) is 8.22.